The first-order valence-corrected chi connectivity index (χ1v) is 14.5. The predicted octanol–water partition coefficient (Wildman–Crippen LogP) is 3.57. The number of benzene rings is 3. The van der Waals surface area contributed by atoms with Crippen LogP contribution in [0.1, 0.15) is 0 Å². The third-order valence-electron chi connectivity index (χ3n) is 4.02. The molecule has 3 aromatic rings. The number of hydrogen-bond acceptors (Lipinski definition) is 2. The van der Waals surface area contributed by atoms with Gasteiger partial charge in [0.15, 0.2) is 0 Å². The summed E-state index contributed by atoms with van der Waals surface area (Å²) in [6.07, 6.45) is 0. The molecule has 132 valence electrons. The van der Waals surface area contributed by atoms with Crippen LogP contribution in [0.25, 0.3) is 0 Å². The zero-order valence-corrected chi connectivity index (χ0v) is 18.7. The molecule has 0 saturated carbocycles. The van der Waals surface area contributed by atoms with Gasteiger partial charge in [0, 0.05) is 0 Å². The normalized spacial score (nSPS) is 11.8. The molecule has 0 aliphatic rings. The summed E-state index contributed by atoms with van der Waals surface area (Å²) in [5, 5.41) is 0. The van der Waals surface area contributed by atoms with Gasteiger partial charge in [0.25, 0.3) is 0 Å². The van der Waals surface area contributed by atoms with Crippen LogP contribution in [-0.4, -0.2) is 28.6 Å². The van der Waals surface area contributed by atoms with Crippen LogP contribution in [0.3, 0.4) is 0 Å². The molecule has 0 aliphatic heterocycles. The van der Waals surface area contributed by atoms with Crippen molar-refractivity contribution in [2.45, 2.75) is 3.79 Å². The number of carbonyl (C=O) groups excluding carboxylic acids is 1. The maximum absolute atomic E-state index is 12.6. The zero-order valence-electron chi connectivity index (χ0n) is 13.6. The quantitative estimate of drug-likeness (QED) is 0.395. The van der Waals surface area contributed by atoms with E-state index in [0.717, 1.165) is 10.7 Å². The Morgan fingerprint density at radius 3 is 1.23 bits per heavy atom. The van der Waals surface area contributed by atoms with Crippen molar-refractivity contribution in [3.05, 3.63) is 91.0 Å². The monoisotopic (exact) mass is 512 g/mol. The Hall–Kier alpha value is -1.20. The van der Waals surface area contributed by atoms with Crippen LogP contribution >= 0.6 is 34.8 Å². The summed E-state index contributed by atoms with van der Waals surface area (Å²) >= 11 is 13.3. The van der Waals surface area contributed by atoms with Gasteiger partial charge in [-0.1, -0.05) is 0 Å². The van der Waals surface area contributed by atoms with Gasteiger partial charge in [-0.25, -0.2) is 0 Å². The molecule has 0 aliphatic carbocycles. The predicted molar refractivity (Wildman–Crippen MR) is 110 cm³/mol. The summed E-state index contributed by atoms with van der Waals surface area (Å²) in [5.74, 6) is -0.852. The fourth-order valence-corrected chi connectivity index (χ4v) is 14.3. The molecule has 0 radical (unpaired) electrons. The van der Waals surface area contributed by atoms with Crippen LogP contribution in [0.15, 0.2) is 91.0 Å². The molecule has 0 saturated heterocycles. The zero-order chi connectivity index (χ0) is 18.6. The van der Waals surface area contributed by atoms with Crippen LogP contribution in [0.5, 0.6) is 0 Å². The summed E-state index contributed by atoms with van der Waals surface area (Å²) in [4.78, 5) is 12.6. The summed E-state index contributed by atoms with van der Waals surface area (Å²) in [6, 6.07) is 29.2. The van der Waals surface area contributed by atoms with Crippen LogP contribution < -0.4 is 10.7 Å². The molecule has 3 rings (SSSR count). The van der Waals surface area contributed by atoms with Crippen molar-refractivity contribution in [2.24, 2.45) is 0 Å². The molecule has 0 heterocycles. The molecule has 0 bridgehead atoms. The summed E-state index contributed by atoms with van der Waals surface area (Å²) in [6.45, 7) is 0. The summed E-state index contributed by atoms with van der Waals surface area (Å²) in [7, 11) is 0. The number of alkyl halides is 3. The molecule has 6 heteroatoms. The van der Waals surface area contributed by atoms with Crippen molar-refractivity contribution in [1.29, 1.82) is 0 Å². The minimum absolute atomic E-state index is 0.852. The number of hydrogen-bond donors (Lipinski definition) is 0. The van der Waals surface area contributed by atoms with Crippen LogP contribution in [-0.2, 0) is 7.87 Å². The second kappa shape index (κ2) is 8.22. The molecule has 3 aromatic carbocycles. The molecule has 0 unspecified atom stereocenters. The van der Waals surface area contributed by atoms with E-state index in [1.807, 2.05) is 91.0 Å². The second-order valence-electron chi connectivity index (χ2n) is 5.67. The van der Waals surface area contributed by atoms with E-state index in [4.69, 9.17) is 37.9 Å². The Bertz CT molecular complexity index is 769. The van der Waals surface area contributed by atoms with Gasteiger partial charge in [-0.05, 0) is 0 Å². The Labute approximate surface area is 172 Å². The molecule has 0 atom stereocenters. The van der Waals surface area contributed by atoms with Crippen molar-refractivity contribution >= 4 is 70.3 Å². The first-order valence-electron chi connectivity index (χ1n) is 7.91. The van der Waals surface area contributed by atoms with E-state index in [1.54, 1.807) is 0 Å². The van der Waals surface area contributed by atoms with Gasteiger partial charge in [-0.3, -0.25) is 0 Å². The number of carbonyl (C=O) groups is 1. The van der Waals surface area contributed by atoms with Gasteiger partial charge in [-0.2, -0.15) is 0 Å². The number of rotatable bonds is 4. The van der Waals surface area contributed by atoms with E-state index in [-0.39, 0.29) is 0 Å². The molecular formula is C20H15Cl3O2Sn. The van der Waals surface area contributed by atoms with Gasteiger partial charge < -0.3 is 0 Å². The van der Waals surface area contributed by atoms with Crippen LogP contribution in [0.2, 0.25) is 0 Å². The van der Waals surface area contributed by atoms with E-state index in [2.05, 4.69) is 0 Å². The minimum atomic E-state index is -4.20. The topological polar surface area (TPSA) is 26.3 Å². The first-order chi connectivity index (χ1) is 12.4. The van der Waals surface area contributed by atoms with Crippen molar-refractivity contribution in [2.75, 3.05) is 0 Å². The van der Waals surface area contributed by atoms with E-state index >= 15 is 0 Å². The third-order valence-corrected chi connectivity index (χ3v) is 15.7. The van der Waals surface area contributed by atoms with Gasteiger partial charge in [0.2, 0.25) is 0 Å². The average Bonchev–Trinajstić information content (AvgIpc) is 2.67. The van der Waals surface area contributed by atoms with E-state index in [1.165, 1.54) is 0 Å². The van der Waals surface area contributed by atoms with Gasteiger partial charge in [0.05, 0.1) is 0 Å². The summed E-state index contributed by atoms with van der Waals surface area (Å²) < 4.78 is 6.88. The Balaban J connectivity index is 2.30. The average molecular weight is 512 g/mol. The van der Waals surface area contributed by atoms with Crippen molar-refractivity contribution in [3.8, 4) is 0 Å². The Kier molecular flexibility index (Phi) is 6.18. The van der Waals surface area contributed by atoms with Crippen molar-refractivity contribution in [1.82, 2.24) is 0 Å². The third kappa shape index (κ3) is 4.04. The fourth-order valence-electron chi connectivity index (χ4n) is 2.89. The van der Waals surface area contributed by atoms with E-state index in [9.17, 15) is 4.79 Å². The van der Waals surface area contributed by atoms with Crippen LogP contribution in [0.4, 0.5) is 0 Å². The SMILES string of the molecule is O=C([O][Sn]([c]1ccccc1)([c]1ccccc1)[c]1ccccc1)C(Cl)(Cl)Cl. The standard InChI is InChI=1S/3C6H5.C2HCl3O2.Sn/c3*1-2-4-6-5-3-1;3-2(4,5)1(6)7;/h3*1-5H;(H,6,7);/q;;;;+1/p-1. The molecule has 0 aromatic heterocycles. The van der Waals surface area contributed by atoms with Crippen molar-refractivity contribution < 1.29 is 7.87 Å². The maximum atomic E-state index is 12.6. The van der Waals surface area contributed by atoms with Gasteiger partial charge in [-0.15, -0.1) is 0 Å². The first kappa shape index (κ1) is 19.6. The molecule has 0 spiro atoms. The molecule has 0 amide bonds. The van der Waals surface area contributed by atoms with E-state index in [0.29, 0.717) is 0 Å². The van der Waals surface area contributed by atoms with Crippen molar-refractivity contribution in [3.63, 3.8) is 0 Å². The molecule has 26 heavy (non-hydrogen) atoms. The Morgan fingerprint density at radius 1 is 0.654 bits per heavy atom. The molecule has 0 N–H and O–H groups in total. The van der Waals surface area contributed by atoms with Gasteiger partial charge >= 0.3 is 173 Å². The second-order valence-corrected chi connectivity index (χ2v) is 17.4. The fraction of sp³-hybridized carbons (Fsp3) is 0.0500. The molecular weight excluding hydrogens is 497 g/mol. The van der Waals surface area contributed by atoms with Gasteiger partial charge in [0.1, 0.15) is 0 Å². The summed E-state index contributed by atoms with van der Waals surface area (Å²) in [5.41, 5.74) is 0. The molecule has 0 fully saturated rings. The van der Waals surface area contributed by atoms with Crippen LogP contribution in [0, 0.1) is 0 Å². The Morgan fingerprint density at radius 2 is 0.962 bits per heavy atom. The molecule has 2 nitrogen and oxygen atoms in total. The van der Waals surface area contributed by atoms with E-state index < -0.39 is 28.6 Å². The number of halogens is 3.